The van der Waals surface area contributed by atoms with Gasteiger partial charge in [0.15, 0.2) is 6.10 Å². The molecule has 4 rings (SSSR count). The number of anilines is 1. The summed E-state index contributed by atoms with van der Waals surface area (Å²) in [7, 11) is 1.53. The van der Waals surface area contributed by atoms with E-state index >= 15 is 0 Å². The highest BCUT2D eigenvalue weighted by molar-refractivity contribution is 7.13. The van der Waals surface area contributed by atoms with Gasteiger partial charge in [0.25, 0.3) is 5.91 Å². The molecule has 0 spiro atoms. The summed E-state index contributed by atoms with van der Waals surface area (Å²) in [6, 6.07) is 14.7. The number of ether oxygens (including phenoxy) is 2. The number of methoxy groups -OCH3 is 1. The number of rotatable bonds is 5. The Morgan fingerprint density at radius 3 is 2.59 bits per heavy atom. The van der Waals surface area contributed by atoms with E-state index in [9.17, 15) is 9.59 Å². The van der Waals surface area contributed by atoms with E-state index in [4.69, 9.17) is 13.9 Å². The van der Waals surface area contributed by atoms with Gasteiger partial charge in [0.05, 0.1) is 12.8 Å². The molecule has 0 saturated carbocycles. The Morgan fingerprint density at radius 1 is 1.07 bits per heavy atom. The molecule has 0 aliphatic carbocycles. The molecule has 1 amide bonds. The van der Waals surface area contributed by atoms with Gasteiger partial charge in [-0.1, -0.05) is 18.2 Å². The first-order valence-corrected chi connectivity index (χ1v) is 9.85. The minimum atomic E-state index is -0.971. The van der Waals surface area contributed by atoms with E-state index in [0.717, 1.165) is 21.2 Å². The molecule has 148 valence electrons. The van der Waals surface area contributed by atoms with Crippen LogP contribution in [0.1, 0.15) is 21.5 Å². The fourth-order valence-electron chi connectivity index (χ4n) is 3.07. The van der Waals surface area contributed by atoms with E-state index in [2.05, 4.69) is 5.32 Å². The number of furan rings is 1. The summed E-state index contributed by atoms with van der Waals surface area (Å²) in [6.45, 7) is 3.43. The minimum absolute atomic E-state index is 0.443. The Morgan fingerprint density at radius 2 is 1.86 bits per heavy atom. The first kappa shape index (κ1) is 19.0. The van der Waals surface area contributed by atoms with Crippen molar-refractivity contribution in [2.75, 3.05) is 12.4 Å². The van der Waals surface area contributed by atoms with Crippen molar-refractivity contribution in [3.63, 3.8) is 0 Å². The largest absolute Gasteiger partial charge is 0.495 e. The average Bonchev–Trinajstić information content (AvgIpc) is 3.30. The maximum atomic E-state index is 12.6. The van der Waals surface area contributed by atoms with Crippen LogP contribution in [0.3, 0.4) is 0 Å². The van der Waals surface area contributed by atoms with Gasteiger partial charge in [-0.05, 0) is 38.1 Å². The van der Waals surface area contributed by atoms with Gasteiger partial charge in [-0.3, -0.25) is 4.79 Å². The molecule has 0 saturated heterocycles. The van der Waals surface area contributed by atoms with Crippen LogP contribution in [0.15, 0.2) is 52.9 Å². The molecule has 29 heavy (non-hydrogen) atoms. The molecular weight excluding hydrogens is 390 g/mol. The first-order valence-electron chi connectivity index (χ1n) is 9.04. The molecule has 1 unspecified atom stereocenters. The Kier molecular flexibility index (Phi) is 4.98. The minimum Gasteiger partial charge on any atom is -0.495 e. The summed E-state index contributed by atoms with van der Waals surface area (Å²) < 4.78 is 16.6. The van der Waals surface area contributed by atoms with Crippen LogP contribution in [0.4, 0.5) is 5.69 Å². The molecule has 0 radical (unpaired) electrons. The monoisotopic (exact) mass is 409 g/mol. The van der Waals surface area contributed by atoms with Gasteiger partial charge in [-0.25, -0.2) is 4.79 Å². The predicted molar refractivity (Wildman–Crippen MR) is 113 cm³/mol. The van der Waals surface area contributed by atoms with Crippen LogP contribution in [0, 0.1) is 6.92 Å². The lowest BCUT2D eigenvalue weighted by molar-refractivity contribution is -0.123. The molecule has 0 aliphatic heterocycles. The van der Waals surface area contributed by atoms with Crippen molar-refractivity contribution < 1.29 is 23.5 Å². The van der Waals surface area contributed by atoms with E-state index in [1.54, 1.807) is 12.1 Å². The second-order valence-corrected chi connectivity index (χ2v) is 7.88. The number of esters is 1. The number of hydrogen-bond donors (Lipinski definition) is 1. The van der Waals surface area contributed by atoms with Gasteiger partial charge in [0.1, 0.15) is 21.8 Å². The van der Waals surface area contributed by atoms with Crippen molar-refractivity contribution in [2.24, 2.45) is 0 Å². The van der Waals surface area contributed by atoms with Crippen LogP contribution >= 0.6 is 11.3 Å². The topological polar surface area (TPSA) is 77.8 Å². The molecule has 1 atom stereocenters. The van der Waals surface area contributed by atoms with Crippen molar-refractivity contribution in [3.8, 4) is 5.75 Å². The number of carbonyl (C=O) groups excluding carboxylic acids is 2. The van der Waals surface area contributed by atoms with E-state index in [-0.39, 0.29) is 0 Å². The molecule has 0 fully saturated rings. The lowest BCUT2D eigenvalue weighted by Crippen LogP contribution is -2.29. The van der Waals surface area contributed by atoms with Crippen LogP contribution < -0.4 is 10.1 Å². The SMILES string of the molecule is COc1cc2c(cc1NC(=O)C(C)OC(=O)c1ccc(C)s1)oc1ccccc12. The third-order valence-electron chi connectivity index (χ3n) is 4.55. The maximum absolute atomic E-state index is 12.6. The van der Waals surface area contributed by atoms with Crippen LogP contribution in [0.2, 0.25) is 0 Å². The van der Waals surface area contributed by atoms with Gasteiger partial charge < -0.3 is 19.2 Å². The zero-order valence-corrected chi connectivity index (χ0v) is 17.0. The summed E-state index contributed by atoms with van der Waals surface area (Å²) in [5.74, 6) is -0.490. The lowest BCUT2D eigenvalue weighted by Gasteiger charge is -2.15. The van der Waals surface area contributed by atoms with Gasteiger partial charge >= 0.3 is 5.97 Å². The first-order chi connectivity index (χ1) is 14.0. The highest BCUT2D eigenvalue weighted by Gasteiger charge is 2.22. The quantitative estimate of drug-likeness (QED) is 0.461. The van der Waals surface area contributed by atoms with Crippen LogP contribution in [0.25, 0.3) is 21.9 Å². The van der Waals surface area contributed by atoms with Gasteiger partial charge in [-0.15, -0.1) is 11.3 Å². The standard InChI is InChI=1S/C22H19NO5S/c1-12-8-9-20(29-12)22(25)27-13(2)21(24)23-16-11-18-15(10-19(16)26-3)14-6-4-5-7-17(14)28-18/h4-11,13H,1-3H3,(H,23,24). The molecule has 2 aromatic heterocycles. The van der Waals surface area contributed by atoms with Gasteiger partial charge in [0.2, 0.25) is 0 Å². The van der Waals surface area contributed by atoms with Crippen LogP contribution in [-0.4, -0.2) is 25.1 Å². The Bertz CT molecular complexity index is 1220. The molecule has 2 aromatic carbocycles. The zero-order valence-electron chi connectivity index (χ0n) is 16.1. The molecule has 7 heteroatoms. The molecule has 0 bridgehead atoms. The lowest BCUT2D eigenvalue weighted by atomic mass is 10.1. The average molecular weight is 409 g/mol. The third kappa shape index (κ3) is 3.69. The van der Waals surface area contributed by atoms with Crippen LogP contribution in [0.5, 0.6) is 5.75 Å². The summed E-state index contributed by atoms with van der Waals surface area (Å²) in [5, 5.41) is 4.62. The summed E-state index contributed by atoms with van der Waals surface area (Å²) >= 11 is 1.32. The maximum Gasteiger partial charge on any atom is 0.349 e. The molecular formula is C22H19NO5S. The number of benzene rings is 2. The summed E-state index contributed by atoms with van der Waals surface area (Å²) in [6.07, 6.45) is -0.971. The third-order valence-corrected chi connectivity index (χ3v) is 5.53. The Hall–Kier alpha value is -3.32. The molecule has 2 heterocycles. The van der Waals surface area contributed by atoms with Gasteiger partial charge in [-0.2, -0.15) is 0 Å². The number of nitrogens with one attached hydrogen (secondary N) is 1. The second kappa shape index (κ2) is 7.60. The predicted octanol–water partition coefficient (Wildman–Crippen LogP) is 5.15. The fourth-order valence-corrected chi connectivity index (χ4v) is 3.82. The van der Waals surface area contributed by atoms with E-state index in [0.29, 0.717) is 21.9 Å². The summed E-state index contributed by atoms with van der Waals surface area (Å²) in [5.41, 5.74) is 1.82. The number of hydrogen-bond acceptors (Lipinski definition) is 6. The Balaban J connectivity index is 1.56. The Labute approximate surface area is 171 Å². The van der Waals surface area contributed by atoms with E-state index in [1.807, 2.05) is 43.3 Å². The number of amides is 1. The van der Waals surface area contributed by atoms with Crippen molar-refractivity contribution in [2.45, 2.75) is 20.0 Å². The molecule has 1 N–H and O–H groups in total. The number of carbonyl (C=O) groups is 2. The normalized spacial score (nSPS) is 12.1. The smallest absolute Gasteiger partial charge is 0.349 e. The highest BCUT2D eigenvalue weighted by atomic mass is 32.1. The molecule has 4 aromatic rings. The van der Waals surface area contributed by atoms with Crippen molar-refractivity contribution in [1.82, 2.24) is 0 Å². The number of thiophene rings is 1. The molecule has 0 aliphatic rings. The van der Waals surface area contributed by atoms with Crippen molar-refractivity contribution in [3.05, 3.63) is 58.3 Å². The van der Waals surface area contributed by atoms with Crippen molar-refractivity contribution >= 4 is 50.8 Å². The zero-order chi connectivity index (χ0) is 20.5. The van der Waals surface area contributed by atoms with Crippen molar-refractivity contribution in [1.29, 1.82) is 0 Å². The number of fused-ring (bicyclic) bond motifs is 3. The molecule has 6 nitrogen and oxygen atoms in total. The highest BCUT2D eigenvalue weighted by Crippen LogP contribution is 2.36. The van der Waals surface area contributed by atoms with Crippen LogP contribution in [-0.2, 0) is 9.53 Å². The number of para-hydroxylation sites is 1. The summed E-state index contributed by atoms with van der Waals surface area (Å²) in [4.78, 5) is 26.2. The second-order valence-electron chi connectivity index (χ2n) is 6.59. The van der Waals surface area contributed by atoms with E-state index < -0.39 is 18.0 Å². The fraction of sp³-hybridized carbons (Fsp3) is 0.182. The number of aryl methyl sites for hydroxylation is 1. The van der Waals surface area contributed by atoms with E-state index in [1.165, 1.54) is 25.4 Å². The van der Waals surface area contributed by atoms with Gasteiger partial charge in [0, 0.05) is 21.7 Å².